The van der Waals surface area contributed by atoms with Gasteiger partial charge in [0.15, 0.2) is 5.82 Å². The fourth-order valence-electron chi connectivity index (χ4n) is 6.33. The zero-order chi connectivity index (χ0) is 26.6. The van der Waals surface area contributed by atoms with Gasteiger partial charge in [0.1, 0.15) is 11.3 Å². The average Bonchev–Trinajstić information content (AvgIpc) is 3.49. The molecule has 0 saturated heterocycles. The van der Waals surface area contributed by atoms with Crippen LogP contribution >= 0.6 is 0 Å². The van der Waals surface area contributed by atoms with E-state index in [0.29, 0.717) is 5.82 Å². The summed E-state index contributed by atoms with van der Waals surface area (Å²) in [5.74, 6) is 0.599. The van der Waals surface area contributed by atoms with Crippen molar-refractivity contribution in [2.24, 2.45) is 0 Å². The van der Waals surface area contributed by atoms with Gasteiger partial charge in [0.25, 0.3) is 0 Å². The van der Waals surface area contributed by atoms with Crippen LogP contribution in [0.25, 0.3) is 66.5 Å². The fraction of sp³-hybridized carbons (Fsp3) is 0.143. The number of hydrogen-bond donors (Lipinski definition) is 1. The number of pyridine rings is 2. The van der Waals surface area contributed by atoms with E-state index in [9.17, 15) is 0 Å². The molecule has 3 aromatic carbocycles. The third-order valence-electron chi connectivity index (χ3n) is 8.23. The van der Waals surface area contributed by atoms with Crippen molar-refractivity contribution in [2.45, 2.75) is 32.6 Å². The van der Waals surface area contributed by atoms with E-state index in [0.717, 1.165) is 45.7 Å². The molecule has 7 aromatic rings. The second-order valence-corrected chi connectivity index (χ2v) is 10.7. The number of aryl methyl sites for hydroxylation is 3. The van der Waals surface area contributed by atoms with Crippen LogP contribution in [0.2, 0.25) is 0 Å². The van der Waals surface area contributed by atoms with Crippen LogP contribution in [0.3, 0.4) is 0 Å². The van der Waals surface area contributed by atoms with E-state index in [4.69, 9.17) is 15.0 Å². The normalized spacial score (nSPS) is 13.2. The first-order chi connectivity index (χ1) is 19.7. The number of nitrogens with one attached hydrogen (secondary N) is 1. The van der Waals surface area contributed by atoms with Crippen molar-refractivity contribution in [3.05, 3.63) is 108 Å². The quantitative estimate of drug-likeness (QED) is 0.240. The molecular weight excluding hydrogens is 490 g/mol. The second-order valence-electron chi connectivity index (χ2n) is 10.7. The standard InChI is InChI=1S/C35H27N5/c1-21-7-6-12-32(38-21)35-39-33(29-15-16-37-34(29)40-35)24-17-23(19-36-20-24)30-18-31-25-9-3-2-8-22(25)13-14-28(31)26-10-4-5-11-27(26)30/h4-7,10-20H,2-3,8-9H2,1H3,(H,37,39,40). The third kappa shape index (κ3) is 3.69. The second kappa shape index (κ2) is 9.09. The smallest absolute Gasteiger partial charge is 0.180 e. The number of aromatic nitrogens is 5. The Kier molecular flexibility index (Phi) is 5.23. The lowest BCUT2D eigenvalue weighted by Crippen LogP contribution is -2.03. The molecule has 0 unspecified atom stereocenters. The minimum absolute atomic E-state index is 0.599. The maximum absolute atomic E-state index is 5.03. The van der Waals surface area contributed by atoms with E-state index in [1.165, 1.54) is 57.5 Å². The van der Waals surface area contributed by atoms with E-state index < -0.39 is 0 Å². The van der Waals surface area contributed by atoms with Crippen LogP contribution in [0.15, 0.2) is 91.4 Å². The Morgan fingerprint density at radius 2 is 1.52 bits per heavy atom. The lowest BCUT2D eigenvalue weighted by Gasteiger charge is -2.20. The highest BCUT2D eigenvalue weighted by Gasteiger charge is 2.18. The molecule has 8 rings (SSSR count). The molecule has 1 aliphatic rings. The average molecular weight is 518 g/mol. The molecule has 1 N–H and O–H groups in total. The molecule has 0 saturated carbocycles. The first-order valence-corrected chi connectivity index (χ1v) is 13.9. The summed E-state index contributed by atoms with van der Waals surface area (Å²) in [6.45, 7) is 1.98. The molecule has 0 amide bonds. The molecule has 0 fully saturated rings. The van der Waals surface area contributed by atoms with Crippen LogP contribution in [0, 0.1) is 6.92 Å². The van der Waals surface area contributed by atoms with Crippen LogP contribution in [0.1, 0.15) is 29.7 Å². The zero-order valence-corrected chi connectivity index (χ0v) is 22.3. The Morgan fingerprint density at radius 3 is 2.45 bits per heavy atom. The molecule has 0 bridgehead atoms. The number of benzene rings is 3. The van der Waals surface area contributed by atoms with Gasteiger partial charge in [0.05, 0.1) is 5.69 Å². The summed E-state index contributed by atoms with van der Waals surface area (Å²) in [5, 5.41) is 6.21. The molecule has 0 atom stereocenters. The predicted molar refractivity (Wildman–Crippen MR) is 162 cm³/mol. The molecule has 1 aliphatic carbocycles. The number of H-pyrrole nitrogens is 1. The highest BCUT2D eigenvalue weighted by molar-refractivity contribution is 6.15. The summed E-state index contributed by atoms with van der Waals surface area (Å²) in [5.41, 5.74) is 9.59. The van der Waals surface area contributed by atoms with Gasteiger partial charge in [-0.05, 0) is 101 Å². The molecule has 4 heterocycles. The Bertz CT molecular complexity index is 2090. The van der Waals surface area contributed by atoms with Crippen LogP contribution < -0.4 is 0 Å². The van der Waals surface area contributed by atoms with Crippen molar-refractivity contribution >= 4 is 32.6 Å². The highest BCUT2D eigenvalue weighted by atomic mass is 15.0. The molecule has 0 aliphatic heterocycles. The number of hydrogen-bond acceptors (Lipinski definition) is 4. The minimum Gasteiger partial charge on any atom is -0.346 e. The van der Waals surface area contributed by atoms with E-state index in [2.05, 4.69) is 58.5 Å². The summed E-state index contributed by atoms with van der Waals surface area (Å²) in [4.78, 5) is 22.5. The minimum atomic E-state index is 0.599. The summed E-state index contributed by atoms with van der Waals surface area (Å²) in [6, 6.07) is 26.0. The first-order valence-electron chi connectivity index (χ1n) is 13.9. The van der Waals surface area contributed by atoms with Crippen LogP contribution in [0.5, 0.6) is 0 Å². The molecule has 0 radical (unpaired) electrons. The van der Waals surface area contributed by atoms with Gasteiger partial charge in [-0.1, -0.05) is 42.5 Å². The van der Waals surface area contributed by atoms with Gasteiger partial charge in [0, 0.05) is 40.8 Å². The molecule has 4 aromatic heterocycles. The number of aromatic amines is 1. The van der Waals surface area contributed by atoms with Gasteiger partial charge in [0.2, 0.25) is 0 Å². The predicted octanol–water partition coefficient (Wildman–Crippen LogP) is 8.24. The number of nitrogens with zero attached hydrogens (tertiary/aromatic N) is 4. The SMILES string of the molecule is Cc1cccc(-c2nc(-c3cncc(-c4cc5c6c(ccc5c5ccccc45)CCCC6)c3)c3cc[nH]c3n2)n1. The summed E-state index contributed by atoms with van der Waals surface area (Å²) >= 11 is 0. The van der Waals surface area contributed by atoms with E-state index in [-0.39, 0.29) is 0 Å². The molecule has 192 valence electrons. The maximum atomic E-state index is 5.03. The van der Waals surface area contributed by atoms with Gasteiger partial charge >= 0.3 is 0 Å². The van der Waals surface area contributed by atoms with Gasteiger partial charge in [-0.2, -0.15) is 0 Å². The highest BCUT2D eigenvalue weighted by Crippen LogP contribution is 2.40. The van der Waals surface area contributed by atoms with Gasteiger partial charge in [-0.3, -0.25) is 4.98 Å². The first kappa shape index (κ1) is 23.0. The number of fused-ring (bicyclic) bond motifs is 6. The van der Waals surface area contributed by atoms with Crippen molar-refractivity contribution in [3.8, 4) is 33.9 Å². The van der Waals surface area contributed by atoms with Crippen LogP contribution in [-0.4, -0.2) is 24.9 Å². The third-order valence-corrected chi connectivity index (χ3v) is 8.23. The monoisotopic (exact) mass is 517 g/mol. The fourth-order valence-corrected chi connectivity index (χ4v) is 6.33. The van der Waals surface area contributed by atoms with Crippen molar-refractivity contribution in [2.75, 3.05) is 0 Å². The molecule has 0 spiro atoms. The Balaban J connectivity index is 1.35. The van der Waals surface area contributed by atoms with E-state index >= 15 is 0 Å². The molecular formula is C35H27N5. The molecule has 5 nitrogen and oxygen atoms in total. The van der Waals surface area contributed by atoms with Crippen molar-refractivity contribution in [3.63, 3.8) is 0 Å². The van der Waals surface area contributed by atoms with Crippen molar-refractivity contribution < 1.29 is 0 Å². The van der Waals surface area contributed by atoms with E-state index in [1.807, 2.05) is 49.8 Å². The molecule has 40 heavy (non-hydrogen) atoms. The van der Waals surface area contributed by atoms with Gasteiger partial charge in [-0.15, -0.1) is 0 Å². The van der Waals surface area contributed by atoms with Gasteiger partial charge < -0.3 is 4.98 Å². The molecule has 5 heteroatoms. The van der Waals surface area contributed by atoms with E-state index in [1.54, 1.807) is 0 Å². The summed E-state index contributed by atoms with van der Waals surface area (Å²) in [7, 11) is 0. The topological polar surface area (TPSA) is 67.3 Å². The van der Waals surface area contributed by atoms with Crippen LogP contribution in [-0.2, 0) is 12.8 Å². The summed E-state index contributed by atoms with van der Waals surface area (Å²) in [6.07, 6.45) is 10.6. The van der Waals surface area contributed by atoms with Crippen molar-refractivity contribution in [1.82, 2.24) is 24.9 Å². The summed E-state index contributed by atoms with van der Waals surface area (Å²) < 4.78 is 0. The lowest BCUT2D eigenvalue weighted by molar-refractivity contribution is 0.690. The lowest BCUT2D eigenvalue weighted by atomic mass is 9.84. The largest absolute Gasteiger partial charge is 0.346 e. The Hall–Kier alpha value is -4.90. The zero-order valence-electron chi connectivity index (χ0n) is 22.3. The van der Waals surface area contributed by atoms with Crippen LogP contribution in [0.4, 0.5) is 0 Å². The number of rotatable bonds is 3. The van der Waals surface area contributed by atoms with Gasteiger partial charge in [-0.25, -0.2) is 15.0 Å². The maximum Gasteiger partial charge on any atom is 0.180 e. The Labute approximate surface area is 232 Å². The van der Waals surface area contributed by atoms with Crippen molar-refractivity contribution in [1.29, 1.82) is 0 Å². The Morgan fingerprint density at radius 1 is 0.675 bits per heavy atom.